The molecule has 3 heterocycles. The Balaban J connectivity index is 1.42. The SMILES string of the molecule is CC(C)c1c(-c2nc(N[C@@H]3CCOC[C@H]3O)ncc2Cl)cc(F)c2nc(C3CC4CCC43)[nH]c12. The summed E-state index contributed by atoms with van der Waals surface area (Å²) in [6.45, 7) is 4.98. The van der Waals surface area contributed by atoms with Crippen LogP contribution in [0.3, 0.4) is 0 Å². The number of benzene rings is 1. The third kappa shape index (κ3) is 3.58. The maximum atomic E-state index is 15.4. The molecule has 3 unspecified atom stereocenters. The lowest BCUT2D eigenvalue weighted by molar-refractivity contribution is -0.0136. The molecule has 5 atom stereocenters. The maximum Gasteiger partial charge on any atom is 0.223 e. The van der Waals surface area contributed by atoms with Crippen LogP contribution in [0.2, 0.25) is 5.02 Å². The third-order valence-electron chi connectivity index (χ3n) is 7.90. The quantitative estimate of drug-likeness (QED) is 0.470. The van der Waals surface area contributed by atoms with Gasteiger partial charge in [0.2, 0.25) is 5.95 Å². The summed E-state index contributed by atoms with van der Waals surface area (Å²) in [4.78, 5) is 17.2. The number of aliphatic hydroxyl groups is 1. The highest BCUT2D eigenvalue weighted by molar-refractivity contribution is 6.33. The zero-order chi connectivity index (χ0) is 23.6. The van der Waals surface area contributed by atoms with Crippen molar-refractivity contribution in [2.75, 3.05) is 18.5 Å². The molecular formula is C25H29ClFN5O2. The van der Waals surface area contributed by atoms with Crippen LogP contribution in [0.25, 0.3) is 22.3 Å². The summed E-state index contributed by atoms with van der Waals surface area (Å²) in [6, 6.07) is 1.27. The number of ether oxygens (including phenoxy) is 1. The molecule has 1 saturated heterocycles. The zero-order valence-corrected chi connectivity index (χ0v) is 20.1. The van der Waals surface area contributed by atoms with E-state index >= 15 is 4.39 Å². The molecule has 0 bridgehead atoms. The molecule has 0 spiro atoms. The minimum atomic E-state index is -0.651. The van der Waals surface area contributed by atoms with Gasteiger partial charge in [-0.3, -0.25) is 0 Å². The van der Waals surface area contributed by atoms with Crippen LogP contribution in [0.15, 0.2) is 12.3 Å². The summed E-state index contributed by atoms with van der Waals surface area (Å²) in [7, 11) is 0. The van der Waals surface area contributed by atoms with Crippen molar-refractivity contribution in [2.45, 2.75) is 63.5 Å². The highest BCUT2D eigenvalue weighted by atomic mass is 35.5. The first-order valence-corrected chi connectivity index (χ1v) is 12.6. The van der Waals surface area contributed by atoms with E-state index in [9.17, 15) is 5.11 Å². The van der Waals surface area contributed by atoms with E-state index in [2.05, 4.69) is 34.1 Å². The monoisotopic (exact) mass is 485 g/mol. The summed E-state index contributed by atoms with van der Waals surface area (Å²) >= 11 is 6.54. The molecule has 2 aromatic heterocycles. The molecule has 9 heteroatoms. The Kier molecular flexibility index (Phi) is 5.50. The van der Waals surface area contributed by atoms with Crippen LogP contribution in [-0.4, -0.2) is 50.4 Å². The van der Waals surface area contributed by atoms with E-state index in [0.717, 1.165) is 29.2 Å². The van der Waals surface area contributed by atoms with Gasteiger partial charge in [0.15, 0.2) is 5.82 Å². The number of imidazole rings is 1. The Morgan fingerprint density at radius 3 is 2.79 bits per heavy atom. The van der Waals surface area contributed by atoms with Crippen LogP contribution in [-0.2, 0) is 4.74 Å². The largest absolute Gasteiger partial charge is 0.389 e. The molecule has 34 heavy (non-hydrogen) atoms. The molecule has 180 valence electrons. The van der Waals surface area contributed by atoms with Gasteiger partial charge in [-0.2, -0.15) is 0 Å². The van der Waals surface area contributed by atoms with Gasteiger partial charge in [-0.05, 0) is 55.1 Å². The Bertz CT molecular complexity index is 1250. The molecule has 3 fully saturated rings. The van der Waals surface area contributed by atoms with Crippen LogP contribution >= 0.6 is 11.6 Å². The van der Waals surface area contributed by atoms with Gasteiger partial charge in [0, 0.05) is 18.1 Å². The van der Waals surface area contributed by atoms with E-state index in [1.165, 1.54) is 25.1 Å². The number of nitrogens with one attached hydrogen (secondary N) is 2. The van der Waals surface area contributed by atoms with E-state index in [1.54, 1.807) is 0 Å². The second kappa shape index (κ2) is 8.43. The topological polar surface area (TPSA) is 96.0 Å². The summed E-state index contributed by atoms with van der Waals surface area (Å²) in [5.74, 6) is 2.86. The summed E-state index contributed by atoms with van der Waals surface area (Å²) in [5.41, 5.74) is 3.15. The van der Waals surface area contributed by atoms with Crippen molar-refractivity contribution in [3.05, 3.63) is 34.5 Å². The van der Waals surface area contributed by atoms with Crippen molar-refractivity contribution in [3.8, 4) is 11.3 Å². The molecule has 3 N–H and O–H groups in total. The molecule has 2 aliphatic carbocycles. The van der Waals surface area contributed by atoms with Crippen LogP contribution in [0.4, 0.5) is 10.3 Å². The van der Waals surface area contributed by atoms with E-state index in [0.29, 0.717) is 52.6 Å². The van der Waals surface area contributed by atoms with Gasteiger partial charge in [-0.25, -0.2) is 19.3 Å². The van der Waals surface area contributed by atoms with Gasteiger partial charge >= 0.3 is 0 Å². The average Bonchev–Trinajstić information content (AvgIpc) is 3.23. The zero-order valence-electron chi connectivity index (χ0n) is 19.3. The van der Waals surface area contributed by atoms with E-state index in [4.69, 9.17) is 21.3 Å². The molecule has 3 aliphatic rings. The second-order valence-electron chi connectivity index (χ2n) is 10.2. The predicted octanol–water partition coefficient (Wildman–Crippen LogP) is 5.01. The number of aromatic nitrogens is 4. The van der Waals surface area contributed by atoms with E-state index in [-0.39, 0.29) is 24.4 Å². The third-order valence-corrected chi connectivity index (χ3v) is 8.17. The van der Waals surface area contributed by atoms with E-state index in [1.807, 2.05) is 0 Å². The fraction of sp³-hybridized carbons (Fsp3) is 0.560. The Hall–Kier alpha value is -2.29. The van der Waals surface area contributed by atoms with Crippen molar-refractivity contribution >= 4 is 28.6 Å². The van der Waals surface area contributed by atoms with Gasteiger partial charge in [0.05, 0.1) is 41.2 Å². The number of hydrogen-bond donors (Lipinski definition) is 3. The average molecular weight is 486 g/mol. The molecule has 7 nitrogen and oxygen atoms in total. The Labute approximate surface area is 202 Å². The lowest BCUT2D eigenvalue weighted by Gasteiger charge is -2.52. The number of rotatable bonds is 5. The molecule has 1 aromatic carbocycles. The number of aliphatic hydroxyl groups excluding tert-OH is 1. The van der Waals surface area contributed by atoms with Crippen LogP contribution in [0.5, 0.6) is 0 Å². The minimum absolute atomic E-state index is 0.0870. The van der Waals surface area contributed by atoms with Gasteiger partial charge in [0.25, 0.3) is 0 Å². The van der Waals surface area contributed by atoms with Crippen LogP contribution < -0.4 is 5.32 Å². The highest BCUT2D eigenvalue weighted by Gasteiger charge is 2.49. The molecule has 2 saturated carbocycles. The smallest absolute Gasteiger partial charge is 0.223 e. The second-order valence-corrected chi connectivity index (χ2v) is 10.6. The fourth-order valence-electron chi connectivity index (χ4n) is 5.86. The lowest BCUT2D eigenvalue weighted by atomic mass is 9.53. The van der Waals surface area contributed by atoms with Crippen LogP contribution in [0, 0.1) is 17.7 Å². The van der Waals surface area contributed by atoms with E-state index < -0.39 is 6.10 Å². The highest BCUT2D eigenvalue weighted by Crippen LogP contribution is 2.58. The summed E-state index contributed by atoms with van der Waals surface area (Å²) in [5, 5.41) is 13.8. The van der Waals surface area contributed by atoms with Gasteiger partial charge in [-0.1, -0.05) is 25.4 Å². The first-order chi connectivity index (χ1) is 16.4. The Morgan fingerprint density at radius 1 is 1.26 bits per heavy atom. The standard InChI is InChI=1S/C25H29ClFN5O2/c1-11(2)20-15(21-16(26)9-28-25(32-21)29-18-5-6-34-10-19(18)33)8-17(27)22-23(20)31-24(30-22)14-7-12-3-4-13(12)14/h8-9,11-14,18-19,33H,3-7,10H2,1-2H3,(H,30,31)(H,28,29,32)/t12?,13?,14?,18-,19-/m1/s1. The normalized spacial score (nSPS) is 28.5. The summed E-state index contributed by atoms with van der Waals surface area (Å²) < 4.78 is 20.7. The fourth-order valence-corrected chi connectivity index (χ4v) is 6.05. The number of aromatic amines is 1. The first kappa shape index (κ1) is 22.2. The number of nitrogens with zero attached hydrogens (tertiary/aromatic N) is 3. The molecule has 1 aliphatic heterocycles. The maximum absolute atomic E-state index is 15.4. The Morgan fingerprint density at radius 2 is 2.12 bits per heavy atom. The number of hydrogen-bond acceptors (Lipinski definition) is 6. The van der Waals surface area contributed by atoms with Crippen molar-refractivity contribution in [2.24, 2.45) is 11.8 Å². The van der Waals surface area contributed by atoms with Crippen molar-refractivity contribution < 1.29 is 14.2 Å². The molecule has 0 radical (unpaired) electrons. The van der Waals surface area contributed by atoms with Crippen molar-refractivity contribution in [1.82, 2.24) is 19.9 Å². The van der Waals surface area contributed by atoms with Gasteiger partial charge in [0.1, 0.15) is 11.3 Å². The predicted molar refractivity (Wildman–Crippen MR) is 129 cm³/mol. The van der Waals surface area contributed by atoms with Gasteiger partial charge in [-0.15, -0.1) is 0 Å². The number of fused-ring (bicyclic) bond motifs is 2. The molecule has 0 amide bonds. The van der Waals surface area contributed by atoms with Crippen molar-refractivity contribution in [3.63, 3.8) is 0 Å². The minimum Gasteiger partial charge on any atom is -0.389 e. The van der Waals surface area contributed by atoms with Crippen LogP contribution in [0.1, 0.15) is 62.8 Å². The summed E-state index contributed by atoms with van der Waals surface area (Å²) in [6.07, 6.45) is 5.20. The number of halogens is 2. The number of H-pyrrole nitrogens is 1. The number of anilines is 1. The van der Waals surface area contributed by atoms with Gasteiger partial charge < -0.3 is 20.1 Å². The lowest BCUT2D eigenvalue weighted by Crippen LogP contribution is -2.43. The molecule has 6 rings (SSSR count). The first-order valence-electron chi connectivity index (χ1n) is 12.2. The molecular weight excluding hydrogens is 457 g/mol. The van der Waals surface area contributed by atoms with Crippen molar-refractivity contribution in [1.29, 1.82) is 0 Å². The molecule has 3 aromatic rings.